The molecule has 1 N–H and O–H groups in total. The molecule has 31 heavy (non-hydrogen) atoms. The number of hydrogen-bond acceptors (Lipinski definition) is 5. The van der Waals surface area contributed by atoms with Crippen molar-refractivity contribution in [2.24, 2.45) is 5.92 Å². The summed E-state index contributed by atoms with van der Waals surface area (Å²) in [5.74, 6) is -1.28. The summed E-state index contributed by atoms with van der Waals surface area (Å²) in [6.07, 6.45) is 0.962. The van der Waals surface area contributed by atoms with Gasteiger partial charge in [0.15, 0.2) is 0 Å². The molecule has 0 atom stereocenters. The van der Waals surface area contributed by atoms with Gasteiger partial charge in [-0.15, -0.1) is 0 Å². The third kappa shape index (κ3) is 5.89. The molecular formula is C22H25FN2O5S. The fourth-order valence-electron chi connectivity index (χ4n) is 3.44. The Morgan fingerprint density at radius 3 is 2.26 bits per heavy atom. The molecular weight excluding hydrogens is 423 g/mol. The number of nitrogens with zero attached hydrogens (tertiary/aromatic N) is 1. The first kappa shape index (κ1) is 22.9. The van der Waals surface area contributed by atoms with Gasteiger partial charge in [0.1, 0.15) is 5.82 Å². The molecule has 3 rings (SSSR count). The summed E-state index contributed by atoms with van der Waals surface area (Å²) >= 11 is 0. The van der Waals surface area contributed by atoms with Crippen molar-refractivity contribution in [3.8, 4) is 0 Å². The SMILES string of the molecule is CCOC(=O)Cc1ccc(NC(=O)C2CCN(S(=O)(=O)c3ccc(F)cc3)CC2)cc1. The van der Waals surface area contributed by atoms with Gasteiger partial charge >= 0.3 is 5.97 Å². The maximum absolute atomic E-state index is 13.1. The van der Waals surface area contributed by atoms with Gasteiger partial charge in [-0.05, 0) is 61.7 Å². The summed E-state index contributed by atoms with van der Waals surface area (Å²) in [7, 11) is -3.71. The van der Waals surface area contributed by atoms with Crippen LogP contribution in [0.25, 0.3) is 0 Å². The number of piperidine rings is 1. The monoisotopic (exact) mass is 448 g/mol. The molecule has 7 nitrogen and oxygen atoms in total. The Kier molecular flexibility index (Phi) is 7.40. The Bertz CT molecular complexity index is 1010. The lowest BCUT2D eigenvalue weighted by Crippen LogP contribution is -2.41. The van der Waals surface area contributed by atoms with Gasteiger partial charge in [-0.2, -0.15) is 4.31 Å². The molecule has 1 aliphatic heterocycles. The first-order valence-electron chi connectivity index (χ1n) is 10.1. The molecule has 0 bridgehead atoms. The van der Waals surface area contributed by atoms with Crippen molar-refractivity contribution in [2.75, 3.05) is 25.0 Å². The highest BCUT2D eigenvalue weighted by Crippen LogP contribution is 2.25. The van der Waals surface area contributed by atoms with Gasteiger partial charge in [0, 0.05) is 24.7 Å². The summed E-state index contributed by atoms with van der Waals surface area (Å²) in [5.41, 5.74) is 1.40. The molecule has 1 saturated heterocycles. The molecule has 1 amide bonds. The van der Waals surface area contributed by atoms with Crippen LogP contribution in [-0.4, -0.2) is 44.3 Å². The van der Waals surface area contributed by atoms with E-state index in [0.717, 1.165) is 17.7 Å². The van der Waals surface area contributed by atoms with E-state index in [9.17, 15) is 22.4 Å². The Morgan fingerprint density at radius 1 is 1.06 bits per heavy atom. The van der Waals surface area contributed by atoms with Crippen LogP contribution in [0.5, 0.6) is 0 Å². The number of benzene rings is 2. The van der Waals surface area contributed by atoms with Gasteiger partial charge < -0.3 is 10.1 Å². The molecule has 1 aliphatic rings. The standard InChI is InChI=1S/C22H25FN2O5S/c1-2-30-21(26)15-16-3-7-19(8-4-16)24-22(27)17-11-13-25(14-12-17)31(28,29)20-9-5-18(23)6-10-20/h3-10,17H,2,11-15H2,1H3,(H,24,27). The third-order valence-corrected chi connectivity index (χ3v) is 7.06. The first-order chi connectivity index (χ1) is 14.8. The van der Waals surface area contributed by atoms with Crippen molar-refractivity contribution in [3.05, 3.63) is 59.9 Å². The van der Waals surface area contributed by atoms with E-state index in [2.05, 4.69) is 5.32 Å². The average Bonchev–Trinajstić information content (AvgIpc) is 2.75. The highest BCUT2D eigenvalue weighted by Gasteiger charge is 2.32. The van der Waals surface area contributed by atoms with Crippen molar-refractivity contribution in [1.29, 1.82) is 0 Å². The van der Waals surface area contributed by atoms with Crippen LogP contribution in [-0.2, 0) is 30.8 Å². The minimum atomic E-state index is -3.71. The molecule has 0 radical (unpaired) electrons. The molecule has 1 fully saturated rings. The molecule has 2 aromatic rings. The minimum Gasteiger partial charge on any atom is -0.466 e. The second kappa shape index (κ2) is 10.0. The summed E-state index contributed by atoms with van der Waals surface area (Å²) in [5, 5.41) is 2.84. The van der Waals surface area contributed by atoms with Crippen LogP contribution in [0.1, 0.15) is 25.3 Å². The zero-order valence-electron chi connectivity index (χ0n) is 17.2. The van der Waals surface area contributed by atoms with E-state index >= 15 is 0 Å². The Morgan fingerprint density at radius 2 is 1.68 bits per heavy atom. The Hall–Kier alpha value is -2.78. The highest BCUT2D eigenvalue weighted by molar-refractivity contribution is 7.89. The maximum Gasteiger partial charge on any atom is 0.310 e. The molecule has 0 aliphatic carbocycles. The van der Waals surface area contributed by atoms with Crippen LogP contribution < -0.4 is 5.32 Å². The lowest BCUT2D eigenvalue weighted by atomic mass is 9.97. The van der Waals surface area contributed by atoms with E-state index in [-0.39, 0.29) is 42.2 Å². The number of rotatable bonds is 7. The van der Waals surface area contributed by atoms with Gasteiger partial charge in [-0.3, -0.25) is 9.59 Å². The molecule has 0 unspecified atom stereocenters. The summed E-state index contributed by atoms with van der Waals surface area (Å²) < 4.78 is 44.7. The normalized spacial score (nSPS) is 15.4. The van der Waals surface area contributed by atoms with E-state index in [1.807, 2.05) is 0 Å². The lowest BCUT2D eigenvalue weighted by molar-refractivity contribution is -0.142. The van der Waals surface area contributed by atoms with Crippen LogP contribution in [0.4, 0.5) is 10.1 Å². The molecule has 166 valence electrons. The van der Waals surface area contributed by atoms with Crippen molar-refractivity contribution in [3.63, 3.8) is 0 Å². The Labute approximate surface area is 181 Å². The van der Waals surface area contributed by atoms with E-state index in [1.54, 1.807) is 31.2 Å². The topological polar surface area (TPSA) is 92.8 Å². The van der Waals surface area contributed by atoms with E-state index in [4.69, 9.17) is 4.74 Å². The number of sulfonamides is 1. The highest BCUT2D eigenvalue weighted by atomic mass is 32.2. The number of anilines is 1. The zero-order chi connectivity index (χ0) is 22.4. The predicted molar refractivity (Wildman–Crippen MR) is 113 cm³/mol. The first-order valence-corrected chi connectivity index (χ1v) is 11.5. The number of nitrogens with one attached hydrogen (secondary N) is 1. The van der Waals surface area contributed by atoms with Crippen LogP contribution in [0.15, 0.2) is 53.4 Å². The second-order valence-electron chi connectivity index (χ2n) is 7.30. The largest absolute Gasteiger partial charge is 0.466 e. The number of esters is 1. The fourth-order valence-corrected chi connectivity index (χ4v) is 4.91. The van der Waals surface area contributed by atoms with Crippen molar-refractivity contribution >= 4 is 27.6 Å². The second-order valence-corrected chi connectivity index (χ2v) is 9.24. The predicted octanol–water partition coefficient (Wildman–Crippen LogP) is 2.97. The molecule has 0 aromatic heterocycles. The summed E-state index contributed by atoms with van der Waals surface area (Å²) in [4.78, 5) is 24.2. The molecule has 1 heterocycles. The number of carbonyl (C=O) groups is 2. The zero-order valence-corrected chi connectivity index (χ0v) is 18.0. The Balaban J connectivity index is 1.53. The maximum atomic E-state index is 13.1. The van der Waals surface area contributed by atoms with Gasteiger partial charge in [-0.25, -0.2) is 12.8 Å². The van der Waals surface area contributed by atoms with E-state index in [0.29, 0.717) is 25.1 Å². The summed E-state index contributed by atoms with van der Waals surface area (Å²) in [6.45, 7) is 2.52. The lowest BCUT2D eigenvalue weighted by Gasteiger charge is -2.30. The fraction of sp³-hybridized carbons (Fsp3) is 0.364. The van der Waals surface area contributed by atoms with Crippen LogP contribution in [0.2, 0.25) is 0 Å². The summed E-state index contributed by atoms with van der Waals surface area (Å²) in [6, 6.07) is 11.7. The molecule has 0 saturated carbocycles. The number of amides is 1. The number of halogens is 1. The van der Waals surface area contributed by atoms with Crippen molar-refractivity contribution < 1.29 is 27.1 Å². The van der Waals surface area contributed by atoms with Crippen LogP contribution in [0, 0.1) is 11.7 Å². The van der Waals surface area contributed by atoms with Crippen molar-refractivity contribution in [1.82, 2.24) is 4.31 Å². The average molecular weight is 449 g/mol. The third-order valence-electron chi connectivity index (χ3n) is 5.15. The van der Waals surface area contributed by atoms with Crippen LogP contribution >= 0.6 is 0 Å². The molecule has 2 aromatic carbocycles. The molecule has 9 heteroatoms. The van der Waals surface area contributed by atoms with Gasteiger partial charge in [-0.1, -0.05) is 12.1 Å². The van der Waals surface area contributed by atoms with E-state index in [1.165, 1.54) is 16.4 Å². The van der Waals surface area contributed by atoms with Crippen molar-refractivity contribution in [2.45, 2.75) is 31.1 Å². The molecule has 0 spiro atoms. The minimum absolute atomic E-state index is 0.0414. The van der Waals surface area contributed by atoms with Crippen LogP contribution in [0.3, 0.4) is 0 Å². The van der Waals surface area contributed by atoms with E-state index < -0.39 is 15.8 Å². The van der Waals surface area contributed by atoms with Gasteiger partial charge in [0.05, 0.1) is 17.9 Å². The number of ether oxygens (including phenoxy) is 1. The quantitative estimate of drug-likeness (QED) is 0.658. The number of carbonyl (C=O) groups excluding carboxylic acids is 2. The van der Waals surface area contributed by atoms with Gasteiger partial charge in [0.25, 0.3) is 0 Å². The smallest absolute Gasteiger partial charge is 0.310 e. The number of hydrogen-bond donors (Lipinski definition) is 1. The van der Waals surface area contributed by atoms with Gasteiger partial charge in [0.2, 0.25) is 15.9 Å².